The maximum absolute atomic E-state index is 12.1. The maximum atomic E-state index is 12.1. The smallest absolute Gasteiger partial charge is 0.248 e. The van der Waals surface area contributed by atoms with E-state index in [1.54, 1.807) is 20.3 Å². The molecule has 0 radical (unpaired) electrons. The van der Waals surface area contributed by atoms with Crippen molar-refractivity contribution in [3.8, 4) is 11.5 Å². The molecule has 1 amide bonds. The molecule has 0 bridgehead atoms. The Hall–Kier alpha value is -2.75. The molecule has 4 heteroatoms. The molecule has 2 rings (SSSR count). The van der Waals surface area contributed by atoms with E-state index in [9.17, 15) is 4.79 Å². The number of hydrogen-bond acceptors (Lipinski definition) is 3. The minimum Gasteiger partial charge on any atom is -0.496 e. The molecule has 22 heavy (non-hydrogen) atoms. The highest BCUT2D eigenvalue weighted by molar-refractivity contribution is 6.02. The Morgan fingerprint density at radius 1 is 1.00 bits per heavy atom. The largest absolute Gasteiger partial charge is 0.496 e. The van der Waals surface area contributed by atoms with Crippen molar-refractivity contribution >= 4 is 17.7 Å². The lowest BCUT2D eigenvalue weighted by Crippen LogP contribution is -2.08. The molecule has 0 saturated heterocycles. The number of aryl methyl sites for hydroxylation is 1. The zero-order valence-corrected chi connectivity index (χ0v) is 12.9. The van der Waals surface area contributed by atoms with Gasteiger partial charge < -0.3 is 14.8 Å². The number of carbonyl (C=O) groups is 1. The summed E-state index contributed by atoms with van der Waals surface area (Å²) < 4.78 is 10.6. The molecule has 0 fully saturated rings. The van der Waals surface area contributed by atoms with Crippen molar-refractivity contribution in [1.82, 2.24) is 0 Å². The van der Waals surface area contributed by atoms with Crippen LogP contribution < -0.4 is 14.8 Å². The highest BCUT2D eigenvalue weighted by Crippen LogP contribution is 2.29. The van der Waals surface area contributed by atoms with Gasteiger partial charge in [0.25, 0.3) is 0 Å². The van der Waals surface area contributed by atoms with E-state index in [1.807, 2.05) is 49.4 Å². The molecule has 0 aliphatic carbocycles. The molecule has 0 saturated carbocycles. The minimum absolute atomic E-state index is 0.206. The van der Waals surface area contributed by atoms with Crippen LogP contribution in [0.5, 0.6) is 11.5 Å². The fraction of sp³-hybridized carbons (Fsp3) is 0.167. The monoisotopic (exact) mass is 297 g/mol. The van der Waals surface area contributed by atoms with Crippen LogP contribution in [0.4, 0.5) is 5.69 Å². The summed E-state index contributed by atoms with van der Waals surface area (Å²) in [5.74, 6) is 1.10. The third-order valence-corrected chi connectivity index (χ3v) is 3.27. The van der Waals surface area contributed by atoms with E-state index in [0.29, 0.717) is 11.5 Å². The molecule has 2 aromatic carbocycles. The third-order valence-electron chi connectivity index (χ3n) is 3.27. The van der Waals surface area contributed by atoms with Crippen molar-refractivity contribution in [2.45, 2.75) is 6.92 Å². The molecule has 2 aromatic rings. The second-order valence-electron chi connectivity index (χ2n) is 4.71. The van der Waals surface area contributed by atoms with Crippen molar-refractivity contribution in [2.24, 2.45) is 0 Å². The molecule has 0 unspecified atom stereocenters. The van der Waals surface area contributed by atoms with Crippen LogP contribution in [-0.4, -0.2) is 20.1 Å². The summed E-state index contributed by atoms with van der Waals surface area (Å²) in [6, 6.07) is 13.1. The molecule has 0 spiro atoms. The van der Waals surface area contributed by atoms with Gasteiger partial charge in [0.05, 0.1) is 19.8 Å². The summed E-state index contributed by atoms with van der Waals surface area (Å²) in [7, 11) is 3.17. The van der Waals surface area contributed by atoms with E-state index in [1.165, 1.54) is 6.08 Å². The van der Waals surface area contributed by atoms with Crippen LogP contribution in [0.25, 0.3) is 6.08 Å². The van der Waals surface area contributed by atoms with E-state index in [0.717, 1.165) is 16.8 Å². The number of ether oxygens (including phenoxy) is 2. The first-order chi connectivity index (χ1) is 10.7. The van der Waals surface area contributed by atoms with Gasteiger partial charge in [0, 0.05) is 11.8 Å². The Labute approximate surface area is 130 Å². The molecular formula is C18H19NO3. The number of rotatable bonds is 5. The van der Waals surface area contributed by atoms with Gasteiger partial charge in [-0.2, -0.15) is 0 Å². The van der Waals surface area contributed by atoms with Gasteiger partial charge in [0.15, 0.2) is 0 Å². The fourth-order valence-corrected chi connectivity index (χ4v) is 2.09. The van der Waals surface area contributed by atoms with E-state index >= 15 is 0 Å². The second-order valence-corrected chi connectivity index (χ2v) is 4.71. The standard InChI is InChI=1S/C18H19NO3/c1-13-7-4-5-8-15(13)19-18(20)12-11-14-16(21-2)9-6-10-17(14)22-3/h4-12H,1-3H3,(H,19,20)/b12-11+. The van der Waals surface area contributed by atoms with Gasteiger partial charge in [-0.25, -0.2) is 0 Å². The predicted molar refractivity (Wildman–Crippen MR) is 88.4 cm³/mol. The van der Waals surface area contributed by atoms with Crippen LogP contribution in [0.1, 0.15) is 11.1 Å². The number of hydrogen-bond donors (Lipinski definition) is 1. The lowest BCUT2D eigenvalue weighted by molar-refractivity contribution is -0.111. The normalized spacial score (nSPS) is 10.5. The Morgan fingerprint density at radius 3 is 2.23 bits per heavy atom. The quantitative estimate of drug-likeness (QED) is 0.857. The highest BCUT2D eigenvalue weighted by atomic mass is 16.5. The fourth-order valence-electron chi connectivity index (χ4n) is 2.09. The summed E-state index contributed by atoms with van der Waals surface area (Å²) in [4.78, 5) is 12.1. The highest BCUT2D eigenvalue weighted by Gasteiger charge is 2.07. The van der Waals surface area contributed by atoms with Crippen LogP contribution in [0.15, 0.2) is 48.5 Å². The van der Waals surface area contributed by atoms with Gasteiger partial charge in [0.1, 0.15) is 11.5 Å². The zero-order chi connectivity index (χ0) is 15.9. The average Bonchev–Trinajstić information content (AvgIpc) is 2.54. The number of benzene rings is 2. The zero-order valence-electron chi connectivity index (χ0n) is 12.9. The maximum Gasteiger partial charge on any atom is 0.248 e. The number of para-hydroxylation sites is 1. The molecule has 0 atom stereocenters. The van der Waals surface area contributed by atoms with Crippen molar-refractivity contribution in [3.05, 3.63) is 59.7 Å². The first-order valence-electron chi connectivity index (χ1n) is 6.91. The van der Waals surface area contributed by atoms with Gasteiger partial charge in [0.2, 0.25) is 5.91 Å². The minimum atomic E-state index is -0.206. The van der Waals surface area contributed by atoms with Gasteiger partial charge in [-0.15, -0.1) is 0 Å². The van der Waals surface area contributed by atoms with Crippen molar-refractivity contribution < 1.29 is 14.3 Å². The number of nitrogens with one attached hydrogen (secondary N) is 1. The van der Waals surface area contributed by atoms with Crippen LogP contribution in [-0.2, 0) is 4.79 Å². The molecule has 114 valence electrons. The molecule has 0 aliphatic heterocycles. The van der Waals surface area contributed by atoms with Crippen LogP contribution >= 0.6 is 0 Å². The Morgan fingerprint density at radius 2 is 1.64 bits per heavy atom. The predicted octanol–water partition coefficient (Wildman–Crippen LogP) is 3.66. The van der Waals surface area contributed by atoms with Gasteiger partial charge in [-0.1, -0.05) is 24.3 Å². The van der Waals surface area contributed by atoms with E-state index in [4.69, 9.17) is 9.47 Å². The van der Waals surface area contributed by atoms with Crippen molar-refractivity contribution in [1.29, 1.82) is 0 Å². The van der Waals surface area contributed by atoms with Crippen LogP contribution in [0, 0.1) is 6.92 Å². The summed E-state index contributed by atoms with van der Waals surface area (Å²) in [6.07, 6.45) is 3.15. The van der Waals surface area contributed by atoms with Crippen molar-refractivity contribution in [3.63, 3.8) is 0 Å². The third kappa shape index (κ3) is 3.67. The van der Waals surface area contributed by atoms with E-state index in [-0.39, 0.29) is 5.91 Å². The lowest BCUT2D eigenvalue weighted by atomic mass is 10.1. The van der Waals surface area contributed by atoms with Gasteiger partial charge >= 0.3 is 0 Å². The first-order valence-corrected chi connectivity index (χ1v) is 6.91. The van der Waals surface area contributed by atoms with Gasteiger partial charge in [-0.3, -0.25) is 4.79 Å². The van der Waals surface area contributed by atoms with Crippen LogP contribution in [0.3, 0.4) is 0 Å². The number of amides is 1. The van der Waals surface area contributed by atoms with Gasteiger partial charge in [-0.05, 0) is 36.8 Å². The summed E-state index contributed by atoms with van der Waals surface area (Å²) in [5, 5.41) is 2.85. The van der Waals surface area contributed by atoms with E-state index < -0.39 is 0 Å². The lowest BCUT2D eigenvalue weighted by Gasteiger charge is -2.09. The number of anilines is 1. The van der Waals surface area contributed by atoms with Crippen LogP contribution in [0.2, 0.25) is 0 Å². The molecular weight excluding hydrogens is 278 g/mol. The summed E-state index contributed by atoms with van der Waals surface area (Å²) >= 11 is 0. The molecule has 0 heterocycles. The first kappa shape index (κ1) is 15.6. The second kappa shape index (κ2) is 7.31. The Kier molecular flexibility index (Phi) is 5.20. The average molecular weight is 297 g/mol. The Bertz CT molecular complexity index is 670. The van der Waals surface area contributed by atoms with Crippen molar-refractivity contribution in [2.75, 3.05) is 19.5 Å². The molecule has 0 aliphatic rings. The molecule has 0 aromatic heterocycles. The number of carbonyl (C=O) groups excluding carboxylic acids is 1. The number of methoxy groups -OCH3 is 2. The summed E-state index contributed by atoms with van der Waals surface area (Å²) in [6.45, 7) is 1.95. The van der Waals surface area contributed by atoms with E-state index in [2.05, 4.69) is 5.32 Å². The Balaban J connectivity index is 2.18. The SMILES string of the molecule is COc1cccc(OC)c1/C=C/C(=O)Nc1ccccc1C. The molecule has 4 nitrogen and oxygen atoms in total. The summed E-state index contributed by atoms with van der Waals surface area (Å²) in [5.41, 5.74) is 2.54. The topological polar surface area (TPSA) is 47.6 Å². The molecule has 1 N–H and O–H groups in total.